The van der Waals surface area contributed by atoms with Crippen LogP contribution in [0.1, 0.15) is 0 Å². The molecule has 10 heteroatoms. The molecule has 1 aliphatic rings. The van der Waals surface area contributed by atoms with Crippen molar-refractivity contribution in [3.8, 4) is 0 Å². The van der Waals surface area contributed by atoms with E-state index < -0.39 is 42.8 Å². The minimum absolute atomic E-state index is 1.05. The van der Waals surface area contributed by atoms with Crippen molar-refractivity contribution in [1.82, 2.24) is 0 Å². The van der Waals surface area contributed by atoms with Gasteiger partial charge in [-0.15, -0.1) is 0 Å². The molecule has 0 saturated carbocycles. The van der Waals surface area contributed by atoms with Crippen molar-refractivity contribution in [1.29, 1.82) is 0 Å². The number of hydrogen-bond acceptors (Lipinski definition) is 5. The zero-order valence-corrected chi connectivity index (χ0v) is 42.2. The molecule has 10 aromatic rings. The molecule has 1 heterocycles. The normalized spacial score (nSPS) is 25.3. The van der Waals surface area contributed by atoms with Gasteiger partial charge >= 0.3 is 42.8 Å². The van der Waals surface area contributed by atoms with Gasteiger partial charge in [0, 0.05) is 25.9 Å². The molecule has 1 fully saturated rings. The minimum Gasteiger partial charge on any atom is -0.409 e. The predicted molar refractivity (Wildman–Crippen MR) is 281 cm³/mol. The number of rotatable bonds is 5. The summed E-state index contributed by atoms with van der Waals surface area (Å²) in [5.41, 5.74) is 0. The maximum absolute atomic E-state index is 8.25. The molecule has 5 nitrogen and oxygen atoms in total. The molecular formula is C55H50O5Si5. The maximum atomic E-state index is 8.25. The van der Waals surface area contributed by atoms with Crippen LogP contribution in [0.15, 0.2) is 212 Å². The molecule has 320 valence electrons. The minimum atomic E-state index is -3.70. The van der Waals surface area contributed by atoms with Crippen LogP contribution in [0.5, 0.6) is 0 Å². The first-order valence-corrected chi connectivity index (χ1v) is 34.0. The Morgan fingerprint density at radius 3 is 0.538 bits per heavy atom. The van der Waals surface area contributed by atoms with Gasteiger partial charge in [0.05, 0.1) is 0 Å². The van der Waals surface area contributed by atoms with E-state index in [1.54, 1.807) is 0 Å². The summed E-state index contributed by atoms with van der Waals surface area (Å²) >= 11 is 0. The average molecular weight is 931 g/mol. The van der Waals surface area contributed by atoms with Crippen LogP contribution in [0, 0.1) is 0 Å². The molecule has 0 bridgehead atoms. The van der Waals surface area contributed by atoms with Gasteiger partial charge in [-0.3, -0.25) is 0 Å². The molecule has 0 aliphatic carbocycles. The maximum Gasteiger partial charge on any atom is 0.352 e. The SMILES string of the molecule is C[Si]1(c2cccc3ccccc23)O[Si](C)(c2cccc3ccccc23)O[Si](C)(c2cccc3ccccc23)O[Si](C)(c2cccc3ccccc23)O[Si](C)(c2cccc3ccccc23)O1. The monoisotopic (exact) mass is 930 g/mol. The first-order chi connectivity index (χ1) is 31.5. The van der Waals surface area contributed by atoms with E-state index in [-0.39, 0.29) is 0 Å². The molecule has 0 aromatic heterocycles. The summed E-state index contributed by atoms with van der Waals surface area (Å²) in [7, 11) is -18.5. The highest BCUT2D eigenvalue weighted by Gasteiger charge is 2.61. The number of hydrogen-bond donors (Lipinski definition) is 0. The Morgan fingerprint density at radius 1 is 0.200 bits per heavy atom. The van der Waals surface area contributed by atoms with Crippen molar-refractivity contribution in [3.05, 3.63) is 212 Å². The molecule has 0 N–H and O–H groups in total. The Balaban J connectivity index is 1.28. The average Bonchev–Trinajstić information content (AvgIpc) is 3.32. The standard InChI is InChI=1S/C55H50O5Si5/c1-61(51-36-16-26-41-21-6-11-31-46(41)51)56-62(2,52-37-17-27-42-22-7-12-32-47(42)52)58-64(4,54-39-19-29-44-24-9-14-34-49(44)54)60-65(5,55-40-20-30-45-25-10-15-35-50(45)55)59-63(3,57-61)53-38-18-28-43-23-8-13-33-48(43)53/h6-40H,1-5H3. The summed E-state index contributed by atoms with van der Waals surface area (Å²) < 4.78 is 41.3. The second-order valence-corrected chi connectivity index (χ2v) is 34.1. The van der Waals surface area contributed by atoms with Gasteiger partial charge in [0.25, 0.3) is 0 Å². The molecule has 0 spiro atoms. The fourth-order valence-corrected chi connectivity index (χ4v) is 38.2. The molecule has 1 aliphatic heterocycles. The molecule has 0 unspecified atom stereocenters. The lowest BCUT2D eigenvalue weighted by Gasteiger charge is -2.51. The third-order valence-corrected chi connectivity index (χ3v) is 36.0. The summed E-state index contributed by atoms with van der Waals surface area (Å²) in [6, 6.07) is 75.6. The topological polar surface area (TPSA) is 46.2 Å². The third kappa shape index (κ3) is 7.31. The first-order valence-electron chi connectivity index (χ1n) is 22.4. The summed E-state index contributed by atoms with van der Waals surface area (Å²) in [4.78, 5) is 0. The van der Waals surface area contributed by atoms with Crippen LogP contribution in [0.25, 0.3) is 53.9 Å². The van der Waals surface area contributed by atoms with Gasteiger partial charge in [-0.05, 0) is 86.6 Å². The van der Waals surface area contributed by atoms with Crippen LogP contribution in [-0.2, 0) is 20.6 Å². The molecule has 11 rings (SSSR count). The van der Waals surface area contributed by atoms with Crippen molar-refractivity contribution >= 4 is 123 Å². The number of benzene rings is 10. The lowest BCUT2D eigenvalue weighted by molar-refractivity contribution is 0.255. The van der Waals surface area contributed by atoms with E-state index in [2.05, 4.69) is 245 Å². The van der Waals surface area contributed by atoms with Crippen molar-refractivity contribution < 1.29 is 20.6 Å². The summed E-state index contributed by atoms with van der Waals surface area (Å²) in [6.45, 7) is 11.2. The fourth-order valence-electron chi connectivity index (χ4n) is 10.6. The van der Waals surface area contributed by atoms with E-state index in [1.165, 1.54) is 0 Å². The van der Waals surface area contributed by atoms with E-state index in [0.717, 1.165) is 79.8 Å². The van der Waals surface area contributed by atoms with Gasteiger partial charge in [0.15, 0.2) is 0 Å². The molecule has 0 radical (unpaired) electrons. The predicted octanol–water partition coefficient (Wildman–Crippen LogP) is 10.7. The van der Waals surface area contributed by atoms with Crippen LogP contribution in [0.4, 0.5) is 0 Å². The Labute approximate surface area is 386 Å². The van der Waals surface area contributed by atoms with Crippen LogP contribution in [0.2, 0.25) is 32.7 Å². The van der Waals surface area contributed by atoms with Gasteiger partial charge in [-0.25, -0.2) is 0 Å². The van der Waals surface area contributed by atoms with Crippen LogP contribution in [0.3, 0.4) is 0 Å². The summed E-state index contributed by atoms with van der Waals surface area (Å²) in [5.74, 6) is 0. The van der Waals surface area contributed by atoms with Gasteiger partial charge in [-0.2, -0.15) is 0 Å². The van der Waals surface area contributed by atoms with Gasteiger partial charge in [0.2, 0.25) is 0 Å². The van der Waals surface area contributed by atoms with Crippen molar-refractivity contribution in [2.75, 3.05) is 0 Å². The first kappa shape index (κ1) is 42.0. The Hall–Kier alpha value is -5.62. The van der Waals surface area contributed by atoms with Crippen molar-refractivity contribution in [2.24, 2.45) is 0 Å². The van der Waals surface area contributed by atoms with E-state index in [9.17, 15) is 0 Å². The fraction of sp³-hybridized carbons (Fsp3) is 0.0909. The van der Waals surface area contributed by atoms with E-state index in [4.69, 9.17) is 20.6 Å². The zero-order valence-electron chi connectivity index (χ0n) is 37.2. The molecule has 0 amide bonds. The zero-order chi connectivity index (χ0) is 44.4. The van der Waals surface area contributed by atoms with Gasteiger partial charge in [-0.1, -0.05) is 212 Å². The van der Waals surface area contributed by atoms with Crippen LogP contribution < -0.4 is 25.9 Å². The van der Waals surface area contributed by atoms with Crippen molar-refractivity contribution in [3.63, 3.8) is 0 Å². The van der Waals surface area contributed by atoms with Crippen LogP contribution >= 0.6 is 0 Å². The molecule has 65 heavy (non-hydrogen) atoms. The lowest BCUT2D eigenvalue weighted by atomic mass is 10.1. The second kappa shape index (κ2) is 16.1. The molecular weight excluding hydrogens is 881 g/mol. The highest BCUT2D eigenvalue weighted by molar-refractivity contribution is 7.07. The van der Waals surface area contributed by atoms with Crippen LogP contribution in [-0.4, -0.2) is 42.8 Å². The molecule has 10 aromatic carbocycles. The largest absolute Gasteiger partial charge is 0.409 e. The Kier molecular flexibility index (Phi) is 10.4. The summed E-state index contributed by atoms with van der Waals surface area (Å²) in [6.07, 6.45) is 0. The van der Waals surface area contributed by atoms with Gasteiger partial charge in [0.1, 0.15) is 0 Å². The van der Waals surface area contributed by atoms with E-state index in [1.807, 2.05) is 0 Å². The third-order valence-electron chi connectivity index (χ3n) is 13.3. The quantitative estimate of drug-likeness (QED) is 0.161. The van der Waals surface area contributed by atoms with E-state index >= 15 is 0 Å². The highest BCUT2D eigenvalue weighted by Crippen LogP contribution is 2.36. The number of fused-ring (bicyclic) bond motifs is 5. The van der Waals surface area contributed by atoms with Gasteiger partial charge < -0.3 is 20.6 Å². The Morgan fingerprint density at radius 2 is 0.354 bits per heavy atom. The van der Waals surface area contributed by atoms with E-state index in [0.29, 0.717) is 0 Å². The molecule has 0 atom stereocenters. The summed E-state index contributed by atoms with van der Waals surface area (Å²) in [5, 5.41) is 16.4. The smallest absolute Gasteiger partial charge is 0.352 e. The second-order valence-electron chi connectivity index (χ2n) is 17.9. The highest BCUT2D eigenvalue weighted by atomic mass is 28.5. The lowest BCUT2D eigenvalue weighted by Crippen LogP contribution is -2.77. The molecule has 1 saturated heterocycles. The van der Waals surface area contributed by atoms with Crippen molar-refractivity contribution in [2.45, 2.75) is 32.7 Å². The Bertz CT molecular complexity index is 2880.